The first kappa shape index (κ1) is 35.2. The van der Waals surface area contributed by atoms with E-state index in [9.17, 15) is 0 Å². The Balaban J connectivity index is 0.994. The van der Waals surface area contributed by atoms with Crippen molar-refractivity contribution in [2.24, 2.45) is 0 Å². The van der Waals surface area contributed by atoms with E-state index >= 15 is 0 Å². The summed E-state index contributed by atoms with van der Waals surface area (Å²) in [5.74, 6) is 0. The second-order valence-electron chi connectivity index (χ2n) is 16.7. The molecule has 4 heteroatoms. The molecular weight excluding hydrogens is 803 g/mol. The first-order valence-corrected chi connectivity index (χ1v) is 23.1. The summed E-state index contributed by atoms with van der Waals surface area (Å²) in [5.41, 5.74) is 15.1. The zero-order chi connectivity index (χ0) is 41.2. The third-order valence-corrected chi connectivity index (χ3v) is 15.9. The van der Waals surface area contributed by atoms with Crippen molar-refractivity contribution in [3.8, 4) is 22.3 Å². The van der Waals surface area contributed by atoms with Crippen LogP contribution >= 0.6 is 23.1 Å². The van der Waals surface area contributed by atoms with Crippen LogP contribution in [0.15, 0.2) is 227 Å². The summed E-state index contributed by atoms with van der Waals surface area (Å²) in [6.45, 7) is 0. The molecule has 0 saturated heterocycles. The maximum atomic E-state index is 6.50. The lowest BCUT2D eigenvalue weighted by Gasteiger charge is -2.39. The van der Waals surface area contributed by atoms with Gasteiger partial charge in [0.05, 0.1) is 15.8 Å². The molecule has 1 aliphatic carbocycles. The van der Waals surface area contributed by atoms with E-state index in [2.05, 4.69) is 211 Å². The molecule has 3 heterocycles. The summed E-state index contributed by atoms with van der Waals surface area (Å²) in [4.78, 5) is 5.04. The fourth-order valence-electron chi connectivity index (χ4n) is 10.9. The zero-order valence-corrected chi connectivity index (χ0v) is 35.5. The van der Waals surface area contributed by atoms with E-state index in [1.165, 1.54) is 85.2 Å². The minimum atomic E-state index is -0.460. The van der Waals surface area contributed by atoms with Crippen LogP contribution < -0.4 is 4.90 Å². The SMILES string of the molecule is c1ccc2c(c1)Sc1ccccc1C21c2cccc(-c3ccc(N(c4ccc5c(c4)oc4ccccc45)c4cccc5c4sc4ccccc45)cc3)c2-c2c1ccc1ccccc21. The highest BCUT2D eigenvalue weighted by atomic mass is 32.2. The van der Waals surface area contributed by atoms with Gasteiger partial charge in [0.2, 0.25) is 0 Å². The highest BCUT2D eigenvalue weighted by Crippen LogP contribution is 2.64. The van der Waals surface area contributed by atoms with E-state index in [0.29, 0.717) is 0 Å². The molecular formula is C59H35NOS2. The van der Waals surface area contributed by atoms with Gasteiger partial charge in [0.15, 0.2) is 0 Å². The molecule has 2 aromatic heterocycles. The molecule has 2 nitrogen and oxygen atoms in total. The number of hydrogen-bond acceptors (Lipinski definition) is 4. The van der Waals surface area contributed by atoms with Crippen LogP contribution in [0, 0.1) is 0 Å². The van der Waals surface area contributed by atoms with Crippen molar-refractivity contribution in [2.45, 2.75) is 15.2 Å². The summed E-state index contributed by atoms with van der Waals surface area (Å²) in [5, 5.41) is 7.34. The third-order valence-electron chi connectivity index (χ3n) is 13.5. The molecule has 1 spiro atoms. The van der Waals surface area contributed by atoms with E-state index in [1.807, 2.05) is 29.2 Å². The fraction of sp³-hybridized carbons (Fsp3) is 0.0169. The summed E-state index contributed by atoms with van der Waals surface area (Å²) in [6.07, 6.45) is 0. The van der Waals surface area contributed by atoms with Gasteiger partial charge >= 0.3 is 0 Å². The van der Waals surface area contributed by atoms with Gasteiger partial charge in [-0.2, -0.15) is 0 Å². The minimum absolute atomic E-state index is 0.460. The summed E-state index contributed by atoms with van der Waals surface area (Å²) in [6, 6.07) is 78.5. The van der Waals surface area contributed by atoms with Crippen LogP contribution in [0.25, 0.3) is 75.1 Å². The van der Waals surface area contributed by atoms with Gasteiger partial charge in [0, 0.05) is 53.5 Å². The van der Waals surface area contributed by atoms with Crippen LogP contribution in [0.5, 0.6) is 0 Å². The molecule has 0 unspecified atom stereocenters. The molecule has 0 amide bonds. The molecule has 63 heavy (non-hydrogen) atoms. The fourth-order valence-corrected chi connectivity index (χ4v) is 13.3. The quantitative estimate of drug-likeness (QED) is 0.176. The summed E-state index contributed by atoms with van der Waals surface area (Å²) < 4.78 is 9.04. The summed E-state index contributed by atoms with van der Waals surface area (Å²) >= 11 is 3.75. The van der Waals surface area contributed by atoms with Gasteiger partial charge in [0.1, 0.15) is 11.2 Å². The van der Waals surface area contributed by atoms with Crippen LogP contribution in [0.3, 0.4) is 0 Å². The maximum Gasteiger partial charge on any atom is 0.137 e. The Morgan fingerprint density at radius 2 is 1.05 bits per heavy atom. The van der Waals surface area contributed by atoms with E-state index in [4.69, 9.17) is 4.42 Å². The van der Waals surface area contributed by atoms with E-state index in [1.54, 1.807) is 0 Å². The van der Waals surface area contributed by atoms with Crippen molar-refractivity contribution < 1.29 is 4.42 Å². The van der Waals surface area contributed by atoms with Crippen molar-refractivity contribution >= 4 is 93.0 Å². The number of thiophene rings is 1. The number of hydrogen-bond donors (Lipinski definition) is 0. The average Bonchev–Trinajstić information content (AvgIpc) is 4.01. The van der Waals surface area contributed by atoms with Crippen LogP contribution in [0.1, 0.15) is 22.3 Å². The number of fused-ring (bicyclic) bond motifs is 17. The van der Waals surface area contributed by atoms with Crippen molar-refractivity contribution in [3.63, 3.8) is 0 Å². The topological polar surface area (TPSA) is 16.4 Å². The molecule has 0 saturated carbocycles. The molecule has 0 radical (unpaired) electrons. The monoisotopic (exact) mass is 837 g/mol. The normalized spacial score (nSPS) is 13.5. The van der Waals surface area contributed by atoms with Crippen molar-refractivity contribution in [1.82, 2.24) is 0 Å². The lowest BCUT2D eigenvalue weighted by atomic mass is 9.67. The number of para-hydroxylation sites is 1. The second kappa shape index (κ2) is 13.3. The number of nitrogens with zero attached hydrogens (tertiary/aromatic N) is 1. The Hall–Kier alpha value is -7.37. The smallest absolute Gasteiger partial charge is 0.137 e. The van der Waals surface area contributed by atoms with E-state index in [-0.39, 0.29) is 0 Å². The number of rotatable bonds is 4. The van der Waals surface area contributed by atoms with Crippen molar-refractivity contribution in [3.05, 3.63) is 235 Å². The molecule has 10 aromatic carbocycles. The molecule has 0 N–H and O–H groups in total. The number of anilines is 3. The van der Waals surface area contributed by atoms with Crippen molar-refractivity contribution in [2.75, 3.05) is 4.90 Å². The Labute approximate surface area is 372 Å². The average molecular weight is 838 g/mol. The van der Waals surface area contributed by atoms with Gasteiger partial charge in [-0.05, 0) is 110 Å². The lowest BCUT2D eigenvalue weighted by molar-refractivity contribution is 0.669. The first-order chi connectivity index (χ1) is 31.2. The zero-order valence-electron chi connectivity index (χ0n) is 33.9. The predicted molar refractivity (Wildman–Crippen MR) is 266 cm³/mol. The largest absolute Gasteiger partial charge is 0.456 e. The molecule has 0 atom stereocenters. The highest BCUT2D eigenvalue weighted by Gasteiger charge is 2.51. The van der Waals surface area contributed by atoms with Gasteiger partial charge in [-0.15, -0.1) is 11.3 Å². The Bertz CT molecular complexity index is 3810. The molecule has 294 valence electrons. The van der Waals surface area contributed by atoms with Crippen LogP contribution in [0.4, 0.5) is 17.1 Å². The van der Waals surface area contributed by atoms with Crippen LogP contribution in [-0.4, -0.2) is 0 Å². The lowest BCUT2D eigenvalue weighted by Crippen LogP contribution is -2.31. The highest BCUT2D eigenvalue weighted by molar-refractivity contribution is 7.99. The van der Waals surface area contributed by atoms with Gasteiger partial charge in [-0.3, -0.25) is 0 Å². The van der Waals surface area contributed by atoms with Crippen molar-refractivity contribution in [1.29, 1.82) is 0 Å². The number of furan rings is 1. The standard InChI is InChI=1S/C59H35NOS2/c1-2-14-40-36(13-1)29-34-49-57(40)56-41(17-11-21-48(56)59(49)46-19-5-9-25-54(46)62-55-26-10-6-20-47(55)59)37-27-30-38(31-28-37)60(39-32-33-43-42-15-3-7-23-51(42)61-52(43)35-39)50-22-12-18-45-44-16-4-8-24-53(44)63-58(45)50/h1-35H. The van der Waals surface area contributed by atoms with E-state index in [0.717, 1.165) is 39.0 Å². The van der Waals surface area contributed by atoms with E-state index < -0.39 is 5.41 Å². The van der Waals surface area contributed by atoms with Gasteiger partial charge in [-0.1, -0.05) is 163 Å². The van der Waals surface area contributed by atoms with Crippen LogP contribution in [0.2, 0.25) is 0 Å². The Kier molecular flexibility index (Phi) is 7.45. The molecule has 2 aliphatic rings. The minimum Gasteiger partial charge on any atom is -0.456 e. The molecule has 0 fully saturated rings. The summed E-state index contributed by atoms with van der Waals surface area (Å²) in [7, 11) is 0. The van der Waals surface area contributed by atoms with Gasteiger partial charge in [0.25, 0.3) is 0 Å². The Morgan fingerprint density at radius 1 is 0.413 bits per heavy atom. The molecule has 12 aromatic rings. The van der Waals surface area contributed by atoms with Crippen LogP contribution in [-0.2, 0) is 5.41 Å². The Morgan fingerprint density at radius 3 is 1.89 bits per heavy atom. The third kappa shape index (κ3) is 4.91. The molecule has 0 bridgehead atoms. The first-order valence-electron chi connectivity index (χ1n) is 21.5. The van der Waals surface area contributed by atoms with Gasteiger partial charge in [-0.25, -0.2) is 0 Å². The van der Waals surface area contributed by atoms with Gasteiger partial charge < -0.3 is 9.32 Å². The molecule has 14 rings (SSSR count). The maximum absolute atomic E-state index is 6.50. The number of benzene rings is 10. The molecule has 1 aliphatic heterocycles. The second-order valence-corrected chi connectivity index (χ2v) is 18.8. The predicted octanol–water partition coefficient (Wildman–Crippen LogP) is 17.1.